The van der Waals surface area contributed by atoms with Crippen LogP contribution in [0.2, 0.25) is 5.02 Å². The summed E-state index contributed by atoms with van der Waals surface area (Å²) in [5.41, 5.74) is 0.420. The number of benzene rings is 1. The van der Waals surface area contributed by atoms with Gasteiger partial charge in [-0.2, -0.15) is 0 Å². The van der Waals surface area contributed by atoms with E-state index >= 15 is 0 Å². The summed E-state index contributed by atoms with van der Waals surface area (Å²) in [4.78, 5) is 11.9. The Morgan fingerprint density at radius 3 is 2.72 bits per heavy atom. The van der Waals surface area contributed by atoms with Crippen molar-refractivity contribution in [3.8, 4) is 0 Å². The Hall–Kier alpha value is -0.890. The molecule has 0 amide bonds. The minimum atomic E-state index is -0.448. The second kappa shape index (κ2) is 6.33. The van der Waals surface area contributed by atoms with Gasteiger partial charge in [0.1, 0.15) is 11.6 Å². The Morgan fingerprint density at radius 1 is 1.28 bits per heavy atom. The van der Waals surface area contributed by atoms with Crippen LogP contribution in [0.1, 0.15) is 44.1 Å². The van der Waals surface area contributed by atoms with E-state index in [0.29, 0.717) is 17.9 Å². The third kappa shape index (κ3) is 3.55. The molecule has 1 aliphatic carbocycles. The van der Waals surface area contributed by atoms with Crippen molar-refractivity contribution in [2.75, 3.05) is 0 Å². The zero-order chi connectivity index (χ0) is 13.0. The summed E-state index contributed by atoms with van der Waals surface area (Å²) in [7, 11) is 0. The molecule has 0 heterocycles. The lowest BCUT2D eigenvalue weighted by Crippen LogP contribution is -2.14. The van der Waals surface area contributed by atoms with Crippen LogP contribution in [0.25, 0.3) is 0 Å². The SMILES string of the molecule is O=C(Cc1cccc(Cl)c1F)CC1CCCCC1. The molecule has 0 aromatic heterocycles. The topological polar surface area (TPSA) is 17.1 Å². The smallest absolute Gasteiger partial charge is 0.145 e. The lowest BCUT2D eigenvalue weighted by molar-refractivity contribution is -0.119. The van der Waals surface area contributed by atoms with E-state index in [9.17, 15) is 9.18 Å². The fraction of sp³-hybridized carbons (Fsp3) is 0.533. The second-order valence-electron chi connectivity index (χ2n) is 5.14. The van der Waals surface area contributed by atoms with E-state index in [1.807, 2.05) is 0 Å². The van der Waals surface area contributed by atoms with Gasteiger partial charge in [0.2, 0.25) is 0 Å². The van der Waals surface area contributed by atoms with Gasteiger partial charge in [0.15, 0.2) is 0 Å². The van der Waals surface area contributed by atoms with Gasteiger partial charge in [-0.1, -0.05) is 55.8 Å². The van der Waals surface area contributed by atoms with Gasteiger partial charge in [0.05, 0.1) is 5.02 Å². The summed E-state index contributed by atoms with van der Waals surface area (Å²) in [6.45, 7) is 0. The maximum absolute atomic E-state index is 13.7. The molecular formula is C15H18ClFO. The Labute approximate surface area is 112 Å². The molecule has 18 heavy (non-hydrogen) atoms. The largest absolute Gasteiger partial charge is 0.299 e. The molecule has 0 unspecified atom stereocenters. The predicted octanol–water partition coefficient (Wildman–Crippen LogP) is 4.56. The second-order valence-corrected chi connectivity index (χ2v) is 5.54. The van der Waals surface area contributed by atoms with Gasteiger partial charge >= 0.3 is 0 Å². The summed E-state index contributed by atoms with van der Waals surface area (Å²) >= 11 is 5.70. The van der Waals surface area contributed by atoms with Gasteiger partial charge < -0.3 is 0 Å². The molecule has 1 aliphatic rings. The first kappa shape index (κ1) is 13.5. The number of Topliss-reactive ketones (excluding diaryl/α,β-unsaturated/α-hetero) is 1. The van der Waals surface area contributed by atoms with Crippen molar-refractivity contribution in [1.82, 2.24) is 0 Å². The molecule has 98 valence electrons. The molecule has 0 bridgehead atoms. The summed E-state index contributed by atoms with van der Waals surface area (Å²) in [5, 5.41) is 0.0953. The average molecular weight is 269 g/mol. The lowest BCUT2D eigenvalue weighted by atomic mass is 9.85. The van der Waals surface area contributed by atoms with Crippen LogP contribution in [0.5, 0.6) is 0 Å². The lowest BCUT2D eigenvalue weighted by Gasteiger charge is -2.20. The number of hydrogen-bond donors (Lipinski definition) is 0. The highest BCUT2D eigenvalue weighted by molar-refractivity contribution is 6.30. The molecule has 0 atom stereocenters. The van der Waals surface area contributed by atoms with Crippen molar-refractivity contribution >= 4 is 17.4 Å². The molecule has 1 fully saturated rings. The van der Waals surface area contributed by atoms with Crippen molar-refractivity contribution in [3.63, 3.8) is 0 Å². The third-order valence-corrected chi connectivity index (χ3v) is 3.95. The average Bonchev–Trinajstić information content (AvgIpc) is 2.36. The van der Waals surface area contributed by atoms with Crippen molar-refractivity contribution < 1.29 is 9.18 Å². The fourth-order valence-electron chi connectivity index (χ4n) is 2.68. The summed E-state index contributed by atoms with van der Waals surface area (Å²) in [5.74, 6) is 0.188. The predicted molar refractivity (Wildman–Crippen MR) is 71.3 cm³/mol. The molecule has 0 radical (unpaired) electrons. The Kier molecular flexibility index (Phi) is 4.76. The van der Waals surface area contributed by atoms with Gasteiger partial charge in [0.25, 0.3) is 0 Å². The summed E-state index contributed by atoms with van der Waals surface area (Å²) in [6, 6.07) is 4.83. The van der Waals surface area contributed by atoms with Gasteiger partial charge in [-0.25, -0.2) is 4.39 Å². The molecule has 0 aliphatic heterocycles. The van der Waals surface area contributed by atoms with Crippen LogP contribution in [-0.2, 0) is 11.2 Å². The van der Waals surface area contributed by atoms with Gasteiger partial charge in [0, 0.05) is 12.8 Å². The van der Waals surface area contributed by atoms with Gasteiger partial charge in [-0.05, 0) is 17.5 Å². The number of carbonyl (C=O) groups excluding carboxylic acids is 1. The Bertz CT molecular complexity index is 425. The molecule has 0 N–H and O–H groups in total. The number of carbonyl (C=O) groups is 1. The van der Waals surface area contributed by atoms with Crippen LogP contribution >= 0.6 is 11.6 Å². The Morgan fingerprint density at radius 2 is 2.00 bits per heavy atom. The maximum atomic E-state index is 13.7. The molecule has 3 heteroatoms. The number of ketones is 1. The molecule has 0 spiro atoms. The zero-order valence-corrected chi connectivity index (χ0v) is 11.2. The van der Waals surface area contributed by atoms with E-state index in [4.69, 9.17) is 11.6 Å². The standard InChI is InChI=1S/C15H18ClFO/c16-14-8-4-7-12(15(14)17)10-13(18)9-11-5-2-1-3-6-11/h4,7-8,11H,1-3,5-6,9-10H2. The molecule has 1 saturated carbocycles. The zero-order valence-electron chi connectivity index (χ0n) is 10.4. The monoisotopic (exact) mass is 268 g/mol. The first-order chi connectivity index (χ1) is 8.66. The quantitative estimate of drug-likeness (QED) is 0.782. The van der Waals surface area contributed by atoms with Crippen molar-refractivity contribution in [2.45, 2.75) is 44.9 Å². The van der Waals surface area contributed by atoms with Crippen LogP contribution < -0.4 is 0 Å². The van der Waals surface area contributed by atoms with Crippen LogP contribution in [-0.4, -0.2) is 5.78 Å². The van der Waals surface area contributed by atoms with E-state index < -0.39 is 5.82 Å². The summed E-state index contributed by atoms with van der Waals surface area (Å²) < 4.78 is 13.7. The first-order valence-electron chi connectivity index (χ1n) is 6.61. The Balaban J connectivity index is 1.92. The van der Waals surface area contributed by atoms with E-state index in [0.717, 1.165) is 12.8 Å². The van der Waals surface area contributed by atoms with E-state index in [2.05, 4.69) is 0 Å². The highest BCUT2D eigenvalue weighted by Gasteiger charge is 2.18. The van der Waals surface area contributed by atoms with Crippen LogP contribution in [0.3, 0.4) is 0 Å². The van der Waals surface area contributed by atoms with E-state index in [-0.39, 0.29) is 17.2 Å². The van der Waals surface area contributed by atoms with Crippen molar-refractivity contribution in [1.29, 1.82) is 0 Å². The van der Waals surface area contributed by atoms with E-state index in [1.165, 1.54) is 25.3 Å². The first-order valence-corrected chi connectivity index (χ1v) is 6.99. The molecular weight excluding hydrogens is 251 g/mol. The highest BCUT2D eigenvalue weighted by Crippen LogP contribution is 2.27. The third-order valence-electron chi connectivity index (χ3n) is 3.66. The van der Waals surface area contributed by atoms with E-state index in [1.54, 1.807) is 12.1 Å². The molecule has 0 saturated heterocycles. The normalized spacial score (nSPS) is 16.8. The molecule has 2 rings (SSSR count). The number of halogens is 2. The molecule has 1 aromatic rings. The van der Waals surface area contributed by atoms with Crippen LogP contribution in [0.15, 0.2) is 18.2 Å². The minimum Gasteiger partial charge on any atom is -0.299 e. The number of rotatable bonds is 4. The molecule has 1 nitrogen and oxygen atoms in total. The number of hydrogen-bond acceptors (Lipinski definition) is 1. The fourth-order valence-corrected chi connectivity index (χ4v) is 2.88. The van der Waals surface area contributed by atoms with Gasteiger partial charge in [-0.15, -0.1) is 0 Å². The van der Waals surface area contributed by atoms with Crippen molar-refractivity contribution in [2.24, 2.45) is 5.92 Å². The molecule has 1 aromatic carbocycles. The van der Waals surface area contributed by atoms with Crippen molar-refractivity contribution in [3.05, 3.63) is 34.6 Å². The highest BCUT2D eigenvalue weighted by atomic mass is 35.5. The maximum Gasteiger partial charge on any atom is 0.145 e. The van der Waals surface area contributed by atoms with Crippen LogP contribution in [0.4, 0.5) is 4.39 Å². The van der Waals surface area contributed by atoms with Crippen LogP contribution in [0, 0.1) is 11.7 Å². The minimum absolute atomic E-state index is 0.0953. The van der Waals surface area contributed by atoms with Gasteiger partial charge in [-0.3, -0.25) is 4.79 Å². The summed E-state index contributed by atoms with van der Waals surface area (Å²) in [6.07, 6.45) is 6.78.